The molecule has 58 heavy (non-hydrogen) atoms. The van der Waals surface area contributed by atoms with Crippen LogP contribution in [-0.4, -0.2) is 64.6 Å². The number of aliphatic hydroxyl groups excluding tert-OH is 1. The molecule has 1 aliphatic rings. The molecular formula is C43H50Cl3N5O7. The number of aromatic amines is 1. The molecule has 1 heterocycles. The number of anilines is 1. The van der Waals surface area contributed by atoms with Gasteiger partial charge in [0, 0.05) is 54.3 Å². The number of unbranched alkanes of at least 4 members (excludes halogenated alkanes) is 1. The van der Waals surface area contributed by atoms with Gasteiger partial charge in [-0.25, -0.2) is 4.79 Å². The van der Waals surface area contributed by atoms with Crippen LogP contribution in [0.1, 0.15) is 71.7 Å². The van der Waals surface area contributed by atoms with Crippen molar-refractivity contribution in [2.45, 2.75) is 69.7 Å². The number of aromatic hydroxyl groups is 1. The average Bonchev–Trinajstić information content (AvgIpc) is 3.19. The number of pyridine rings is 1. The van der Waals surface area contributed by atoms with Gasteiger partial charge in [0.15, 0.2) is 0 Å². The van der Waals surface area contributed by atoms with Crippen molar-refractivity contribution in [1.29, 1.82) is 0 Å². The van der Waals surface area contributed by atoms with Crippen molar-refractivity contribution < 1.29 is 29.6 Å². The molecule has 8 N–H and O–H groups in total. The fourth-order valence-corrected chi connectivity index (χ4v) is 7.73. The lowest BCUT2D eigenvalue weighted by atomic mass is 9.89. The summed E-state index contributed by atoms with van der Waals surface area (Å²) in [6, 6.07) is 25.0. The normalized spacial score (nSPS) is 15.4. The quantitative estimate of drug-likeness (QED) is 0.0517. The Balaban J connectivity index is 0.00000372. The fraction of sp³-hybridized carbons (Fsp3) is 0.326. The van der Waals surface area contributed by atoms with Crippen molar-refractivity contribution in [2.75, 3.05) is 25.1 Å². The van der Waals surface area contributed by atoms with Crippen LogP contribution in [0.25, 0.3) is 22.0 Å². The van der Waals surface area contributed by atoms with Crippen LogP contribution >= 0.6 is 36.4 Å². The van der Waals surface area contributed by atoms with Crippen molar-refractivity contribution in [1.82, 2.24) is 15.6 Å². The van der Waals surface area contributed by atoms with Crippen LogP contribution in [-0.2, 0) is 13.0 Å². The van der Waals surface area contributed by atoms with E-state index in [1.54, 1.807) is 24.3 Å². The molecule has 2 amide bonds. The number of carboxylic acid groups (broad SMARTS) is 1. The first-order valence-corrected chi connectivity index (χ1v) is 19.3. The van der Waals surface area contributed by atoms with Gasteiger partial charge < -0.3 is 41.4 Å². The zero-order chi connectivity index (χ0) is 39.8. The van der Waals surface area contributed by atoms with E-state index < -0.39 is 12.2 Å². The van der Waals surface area contributed by atoms with Gasteiger partial charge in [-0.1, -0.05) is 60.1 Å². The summed E-state index contributed by atoms with van der Waals surface area (Å²) in [6.07, 6.45) is 3.25. The number of hydrogen-bond donors (Lipinski definition) is 7. The van der Waals surface area contributed by atoms with Crippen molar-refractivity contribution in [3.63, 3.8) is 0 Å². The van der Waals surface area contributed by atoms with Crippen LogP contribution in [0, 0.1) is 0 Å². The number of hydrogen-bond acceptors (Lipinski definition) is 8. The van der Waals surface area contributed by atoms with Crippen LogP contribution in [0.15, 0.2) is 89.7 Å². The summed E-state index contributed by atoms with van der Waals surface area (Å²) < 4.78 is 5.58. The number of phenols is 1. The maximum absolute atomic E-state index is 13.2. The Hall–Kier alpha value is -4.82. The number of aryl methyl sites for hydroxylation is 1. The molecular weight excluding hydrogens is 805 g/mol. The number of benzene rings is 4. The predicted molar refractivity (Wildman–Crippen MR) is 233 cm³/mol. The first-order chi connectivity index (χ1) is 27.0. The Morgan fingerprint density at radius 1 is 0.983 bits per heavy atom. The predicted octanol–water partition coefficient (Wildman–Crippen LogP) is 7.74. The number of phenolic OH excluding ortho intramolecular Hbond substituents is 1. The number of ether oxygens (including phenoxy) is 1. The van der Waals surface area contributed by atoms with E-state index in [9.17, 15) is 29.7 Å². The number of rotatable bonds is 15. The summed E-state index contributed by atoms with van der Waals surface area (Å²) in [5, 5.41) is 38.4. The summed E-state index contributed by atoms with van der Waals surface area (Å²) in [7, 11) is 1.50. The molecule has 1 atom stereocenters. The number of carbonyl (C=O) groups is 2. The van der Waals surface area contributed by atoms with Crippen LogP contribution in [0.5, 0.6) is 11.5 Å². The lowest BCUT2D eigenvalue weighted by Gasteiger charge is -2.35. The molecule has 5 aromatic rings. The van der Waals surface area contributed by atoms with Gasteiger partial charge in [0.1, 0.15) is 11.5 Å². The van der Waals surface area contributed by atoms with Gasteiger partial charge in [0.2, 0.25) is 5.56 Å². The zero-order valence-corrected chi connectivity index (χ0v) is 34.5. The number of methoxy groups -OCH3 is 1. The van der Waals surface area contributed by atoms with Gasteiger partial charge in [0.05, 0.1) is 35.0 Å². The number of aromatic nitrogens is 1. The highest BCUT2D eigenvalue weighted by molar-refractivity contribution is 6.34. The Morgan fingerprint density at radius 3 is 2.43 bits per heavy atom. The zero-order valence-electron chi connectivity index (χ0n) is 32.1. The van der Waals surface area contributed by atoms with E-state index in [2.05, 4.69) is 15.6 Å². The molecule has 0 spiro atoms. The molecule has 1 aliphatic carbocycles. The van der Waals surface area contributed by atoms with Crippen LogP contribution < -0.4 is 31.6 Å². The minimum absolute atomic E-state index is 0. The molecule has 310 valence electrons. The van der Waals surface area contributed by atoms with Gasteiger partial charge in [-0.05, 0) is 92.0 Å². The number of nitrogens with zero attached hydrogens (tertiary/aromatic N) is 1. The molecule has 0 aliphatic heterocycles. The minimum atomic E-state index is -0.972. The van der Waals surface area contributed by atoms with Crippen molar-refractivity contribution in [3.8, 4) is 22.6 Å². The monoisotopic (exact) mass is 853 g/mol. The molecule has 1 fully saturated rings. The third-order valence-corrected chi connectivity index (χ3v) is 10.7. The van der Waals surface area contributed by atoms with E-state index in [-0.39, 0.29) is 83.3 Å². The summed E-state index contributed by atoms with van der Waals surface area (Å²) >= 11 is 6.59. The van der Waals surface area contributed by atoms with Gasteiger partial charge in [-0.3, -0.25) is 14.5 Å². The Bertz CT molecular complexity index is 2230. The molecule has 6 rings (SSSR count). The lowest BCUT2D eigenvalue weighted by molar-refractivity contribution is 0.0952. The molecule has 0 saturated heterocycles. The fourth-order valence-electron chi connectivity index (χ4n) is 7.46. The van der Waals surface area contributed by atoms with Crippen molar-refractivity contribution in [2.24, 2.45) is 5.73 Å². The summed E-state index contributed by atoms with van der Waals surface area (Å²) in [5.74, 6) is 0.0331. The first kappa shape index (κ1) is 45.9. The highest BCUT2D eigenvalue weighted by atomic mass is 35.5. The average molecular weight is 855 g/mol. The van der Waals surface area contributed by atoms with E-state index in [4.69, 9.17) is 22.1 Å². The first-order valence-electron chi connectivity index (χ1n) is 18.9. The number of H-pyrrole nitrogens is 1. The maximum Gasteiger partial charge on any atom is 0.412 e. The standard InChI is InChI=1S/C43H48ClN5O7.2ClH/c1-56-39-23-34(35(44)22-28(39)24-46-25-38(51)32-16-18-37(50)41-33(32)17-19-40(52)48-41)42(53)47-20-6-5-7-26-10-15-31(27-8-3-2-4-9-27)36(21-26)49(43(54)55)30-13-11-29(45)12-14-30;;/h2-4,8-10,15-19,21-23,29-30,38,46,50-51H,5-7,11-14,20,24-25,45H2,1H3,(H,47,53)(H,48,52)(H,54,55);2*1H/t29-,30-,38-;;/m0../s1. The number of carbonyl (C=O) groups excluding carboxylic acids is 1. The molecule has 1 aromatic heterocycles. The molecule has 0 bridgehead atoms. The lowest BCUT2D eigenvalue weighted by Crippen LogP contribution is -2.44. The van der Waals surface area contributed by atoms with Crippen LogP contribution in [0.3, 0.4) is 0 Å². The molecule has 0 unspecified atom stereocenters. The summed E-state index contributed by atoms with van der Waals surface area (Å²) in [6.45, 7) is 0.840. The number of halogens is 3. The second kappa shape index (κ2) is 21.3. The number of nitrogens with one attached hydrogen (secondary N) is 3. The second-order valence-corrected chi connectivity index (χ2v) is 14.6. The van der Waals surface area contributed by atoms with E-state index in [1.165, 1.54) is 24.1 Å². The Morgan fingerprint density at radius 2 is 1.72 bits per heavy atom. The number of aliphatic hydroxyl groups is 1. The van der Waals surface area contributed by atoms with Crippen LogP contribution in [0.4, 0.5) is 10.5 Å². The Kier molecular flexibility index (Phi) is 16.8. The molecule has 4 aromatic carbocycles. The van der Waals surface area contributed by atoms with Crippen molar-refractivity contribution in [3.05, 3.63) is 123 Å². The van der Waals surface area contributed by atoms with Gasteiger partial charge >= 0.3 is 6.09 Å². The highest BCUT2D eigenvalue weighted by Gasteiger charge is 2.31. The van der Waals surface area contributed by atoms with Gasteiger partial charge in [0.25, 0.3) is 5.91 Å². The Labute approximate surface area is 354 Å². The largest absolute Gasteiger partial charge is 0.506 e. The molecule has 0 radical (unpaired) electrons. The van der Waals surface area contributed by atoms with Crippen LogP contribution in [0.2, 0.25) is 5.02 Å². The maximum atomic E-state index is 13.2. The molecule has 15 heteroatoms. The summed E-state index contributed by atoms with van der Waals surface area (Å²) in [5.41, 5.74) is 11.1. The van der Waals surface area contributed by atoms with Gasteiger partial charge in [-0.15, -0.1) is 24.8 Å². The minimum Gasteiger partial charge on any atom is -0.506 e. The molecule has 12 nitrogen and oxygen atoms in total. The van der Waals surface area contributed by atoms with E-state index in [0.29, 0.717) is 47.3 Å². The van der Waals surface area contributed by atoms with E-state index in [0.717, 1.165) is 48.8 Å². The highest BCUT2D eigenvalue weighted by Crippen LogP contribution is 2.37. The third-order valence-electron chi connectivity index (χ3n) is 10.4. The number of fused-ring (bicyclic) bond motifs is 1. The number of amides is 2. The second-order valence-electron chi connectivity index (χ2n) is 14.2. The van der Waals surface area contributed by atoms with Gasteiger partial charge in [-0.2, -0.15) is 0 Å². The topological polar surface area (TPSA) is 190 Å². The smallest absolute Gasteiger partial charge is 0.412 e. The van der Waals surface area contributed by atoms with Crippen molar-refractivity contribution >= 4 is 65.0 Å². The van der Waals surface area contributed by atoms with E-state index in [1.807, 2.05) is 48.5 Å². The third kappa shape index (κ3) is 11.0. The summed E-state index contributed by atoms with van der Waals surface area (Å²) in [4.78, 5) is 41.8. The SMILES string of the molecule is COc1cc(C(=O)NCCCCc2ccc(-c3ccccc3)c(N(C(=O)O)[C@H]3CC[C@H](N)CC3)c2)c(Cl)cc1CNC[C@H](O)c1ccc(O)c2[nH]c(=O)ccc12.Cl.Cl. The molecule has 1 saturated carbocycles. The number of nitrogens with two attached hydrogens (primary N) is 1. The van der Waals surface area contributed by atoms with E-state index >= 15 is 0 Å².